The molecule has 2 aliphatic rings. The minimum absolute atomic E-state index is 0.0705. The second-order valence-electron chi connectivity index (χ2n) is 5.99. The number of benzene rings is 1. The minimum Gasteiger partial charge on any atom is -0.495 e. The fourth-order valence-electron chi connectivity index (χ4n) is 3.02. The van der Waals surface area contributed by atoms with Crippen LogP contribution in [-0.4, -0.2) is 49.4 Å². The van der Waals surface area contributed by atoms with E-state index in [0.717, 1.165) is 11.3 Å². The fourth-order valence-corrected chi connectivity index (χ4v) is 6.94. The molecule has 0 saturated carbocycles. The average Bonchev–Trinajstić information content (AvgIpc) is 2.97. The van der Waals surface area contributed by atoms with Crippen LogP contribution in [0.25, 0.3) is 0 Å². The van der Waals surface area contributed by atoms with Crippen LogP contribution in [-0.2, 0) is 14.6 Å². The highest BCUT2D eigenvalue weighted by molar-refractivity contribution is 8.16. The van der Waals surface area contributed by atoms with E-state index in [1.54, 1.807) is 14.0 Å². The van der Waals surface area contributed by atoms with E-state index < -0.39 is 9.84 Å². The first-order valence-corrected chi connectivity index (χ1v) is 10.5. The maximum atomic E-state index is 12.0. The van der Waals surface area contributed by atoms with Crippen molar-refractivity contribution in [1.82, 2.24) is 0 Å². The van der Waals surface area contributed by atoms with Gasteiger partial charge in [0.2, 0.25) is 5.91 Å². The Kier molecular flexibility index (Phi) is 4.61. The first-order valence-electron chi connectivity index (χ1n) is 7.77. The van der Waals surface area contributed by atoms with Gasteiger partial charge in [0.1, 0.15) is 5.75 Å². The number of methoxy groups -OCH3 is 1. The summed E-state index contributed by atoms with van der Waals surface area (Å²) in [4.78, 5) is 17.9. The molecule has 2 atom stereocenters. The summed E-state index contributed by atoms with van der Waals surface area (Å²) in [5, 5.41) is 0.458. The van der Waals surface area contributed by atoms with E-state index in [-0.39, 0.29) is 28.7 Å². The number of aliphatic imine (C=N–C) groups is 1. The van der Waals surface area contributed by atoms with Crippen LogP contribution in [0.1, 0.15) is 18.9 Å². The van der Waals surface area contributed by atoms with Gasteiger partial charge in [0.05, 0.1) is 30.3 Å². The van der Waals surface area contributed by atoms with E-state index in [0.29, 0.717) is 17.3 Å². The van der Waals surface area contributed by atoms with Crippen molar-refractivity contribution < 1.29 is 17.9 Å². The molecule has 0 bridgehead atoms. The largest absolute Gasteiger partial charge is 0.495 e. The molecule has 2 fully saturated rings. The number of amidine groups is 1. The number of sulfone groups is 1. The van der Waals surface area contributed by atoms with Gasteiger partial charge < -0.3 is 9.64 Å². The maximum absolute atomic E-state index is 12.0. The van der Waals surface area contributed by atoms with Gasteiger partial charge in [-0.25, -0.2) is 8.42 Å². The van der Waals surface area contributed by atoms with Crippen LogP contribution in [0, 0.1) is 6.92 Å². The summed E-state index contributed by atoms with van der Waals surface area (Å²) in [5.41, 5.74) is 1.79. The SMILES string of the molecule is CCC(=O)N=C1SC2CS(=O)(=O)CC2N1c1cc(C)ccc1OC. The summed E-state index contributed by atoms with van der Waals surface area (Å²) < 4.78 is 29.6. The molecule has 0 aromatic heterocycles. The number of carbonyl (C=O) groups is 1. The number of hydrogen-bond donors (Lipinski definition) is 0. The minimum atomic E-state index is -3.08. The number of fused-ring (bicyclic) bond motifs is 1. The predicted octanol–water partition coefficient (Wildman–Crippen LogP) is 2.02. The third-order valence-electron chi connectivity index (χ3n) is 4.18. The maximum Gasteiger partial charge on any atom is 0.247 e. The van der Waals surface area contributed by atoms with Crippen LogP contribution in [0.4, 0.5) is 5.69 Å². The monoisotopic (exact) mass is 368 g/mol. The van der Waals surface area contributed by atoms with Gasteiger partial charge in [-0.05, 0) is 24.6 Å². The standard InChI is InChI=1S/C16H20N2O4S2/c1-4-15(19)17-16-18(11-7-10(2)5-6-13(11)22-3)12-8-24(20,21)9-14(12)23-16/h5-7,12,14H,4,8-9H2,1-3H3. The number of thioether (sulfide) groups is 1. The van der Waals surface area contributed by atoms with Gasteiger partial charge in [-0.15, -0.1) is 0 Å². The molecule has 6 nitrogen and oxygen atoms in total. The zero-order valence-corrected chi connectivity index (χ0v) is 15.5. The quantitative estimate of drug-likeness (QED) is 0.812. The van der Waals surface area contributed by atoms with E-state index in [4.69, 9.17) is 4.74 Å². The summed E-state index contributed by atoms with van der Waals surface area (Å²) >= 11 is 1.38. The third-order valence-corrected chi connectivity index (χ3v) is 7.39. The van der Waals surface area contributed by atoms with E-state index in [1.807, 2.05) is 30.0 Å². The fraction of sp³-hybridized carbons (Fsp3) is 0.500. The first-order chi connectivity index (χ1) is 11.3. The molecule has 8 heteroatoms. The van der Waals surface area contributed by atoms with Crippen LogP contribution in [0.15, 0.2) is 23.2 Å². The molecule has 0 spiro atoms. The topological polar surface area (TPSA) is 76.0 Å². The summed E-state index contributed by atoms with van der Waals surface area (Å²) in [7, 11) is -1.50. The molecule has 0 radical (unpaired) electrons. The van der Waals surface area contributed by atoms with E-state index in [2.05, 4.69) is 4.99 Å². The number of rotatable bonds is 3. The van der Waals surface area contributed by atoms with Gasteiger partial charge in [-0.2, -0.15) is 4.99 Å². The van der Waals surface area contributed by atoms with Crippen molar-refractivity contribution in [3.05, 3.63) is 23.8 Å². The Labute approximate surface area is 146 Å². The highest BCUT2D eigenvalue weighted by Crippen LogP contribution is 2.44. The molecule has 1 aromatic rings. The van der Waals surface area contributed by atoms with Crippen LogP contribution in [0.2, 0.25) is 0 Å². The molecule has 1 aromatic carbocycles. The summed E-state index contributed by atoms with van der Waals surface area (Å²) in [6.45, 7) is 3.72. The first kappa shape index (κ1) is 17.3. The van der Waals surface area contributed by atoms with Gasteiger partial charge in [0.25, 0.3) is 0 Å². The zero-order chi connectivity index (χ0) is 17.5. The van der Waals surface area contributed by atoms with Gasteiger partial charge >= 0.3 is 0 Å². The molecule has 130 valence electrons. The van der Waals surface area contributed by atoms with Gasteiger partial charge in [0, 0.05) is 11.7 Å². The van der Waals surface area contributed by atoms with Crippen LogP contribution in [0.5, 0.6) is 5.75 Å². The van der Waals surface area contributed by atoms with Crippen molar-refractivity contribution >= 4 is 38.4 Å². The van der Waals surface area contributed by atoms with E-state index in [9.17, 15) is 13.2 Å². The molecular formula is C16H20N2O4S2. The summed E-state index contributed by atoms with van der Waals surface area (Å²) in [6.07, 6.45) is 0.316. The molecule has 1 amide bonds. The molecule has 3 rings (SSSR count). The van der Waals surface area contributed by atoms with Gasteiger partial charge in [-0.1, -0.05) is 24.8 Å². The lowest BCUT2D eigenvalue weighted by Crippen LogP contribution is -2.38. The normalized spacial score (nSPS) is 26.6. The highest BCUT2D eigenvalue weighted by atomic mass is 32.2. The smallest absolute Gasteiger partial charge is 0.247 e. The molecule has 0 aliphatic carbocycles. The van der Waals surface area contributed by atoms with Crippen molar-refractivity contribution in [2.75, 3.05) is 23.5 Å². The predicted molar refractivity (Wildman–Crippen MR) is 96.8 cm³/mol. The van der Waals surface area contributed by atoms with Crippen molar-refractivity contribution in [3.8, 4) is 5.75 Å². The molecule has 24 heavy (non-hydrogen) atoms. The number of ether oxygens (including phenoxy) is 1. The molecule has 0 N–H and O–H groups in total. The molecule has 2 unspecified atom stereocenters. The third kappa shape index (κ3) is 3.17. The van der Waals surface area contributed by atoms with Gasteiger partial charge in [-0.3, -0.25) is 4.79 Å². The number of anilines is 1. The lowest BCUT2D eigenvalue weighted by atomic mass is 10.1. The Morgan fingerprint density at radius 3 is 2.83 bits per heavy atom. The highest BCUT2D eigenvalue weighted by Gasteiger charge is 2.50. The van der Waals surface area contributed by atoms with Crippen molar-refractivity contribution in [1.29, 1.82) is 0 Å². The molecule has 2 saturated heterocycles. The van der Waals surface area contributed by atoms with Crippen molar-refractivity contribution in [2.45, 2.75) is 31.6 Å². The second kappa shape index (κ2) is 6.40. The average molecular weight is 368 g/mol. The summed E-state index contributed by atoms with van der Waals surface area (Å²) in [6, 6.07) is 5.51. The lowest BCUT2D eigenvalue weighted by molar-refractivity contribution is -0.117. The van der Waals surface area contributed by atoms with Crippen molar-refractivity contribution in [2.24, 2.45) is 4.99 Å². The van der Waals surface area contributed by atoms with Crippen LogP contribution >= 0.6 is 11.8 Å². The Morgan fingerprint density at radius 2 is 2.17 bits per heavy atom. The summed E-state index contributed by atoms with van der Waals surface area (Å²) in [5.74, 6) is 0.618. The Hall–Kier alpha value is -1.54. The number of hydrogen-bond acceptors (Lipinski definition) is 5. The molecular weight excluding hydrogens is 348 g/mol. The number of carbonyl (C=O) groups excluding carboxylic acids is 1. The van der Waals surface area contributed by atoms with Crippen LogP contribution in [0.3, 0.4) is 0 Å². The number of amides is 1. The number of nitrogens with zero attached hydrogens (tertiary/aromatic N) is 2. The van der Waals surface area contributed by atoms with Gasteiger partial charge in [0.15, 0.2) is 15.0 Å². The zero-order valence-electron chi connectivity index (χ0n) is 13.9. The Balaban J connectivity index is 2.10. The Morgan fingerprint density at radius 1 is 1.42 bits per heavy atom. The second-order valence-corrected chi connectivity index (χ2v) is 9.35. The van der Waals surface area contributed by atoms with Crippen LogP contribution < -0.4 is 9.64 Å². The van der Waals surface area contributed by atoms with E-state index >= 15 is 0 Å². The lowest BCUT2D eigenvalue weighted by Gasteiger charge is -2.26. The molecule has 2 heterocycles. The van der Waals surface area contributed by atoms with E-state index in [1.165, 1.54) is 11.8 Å². The van der Waals surface area contributed by atoms with Crippen molar-refractivity contribution in [3.63, 3.8) is 0 Å². The molecule has 2 aliphatic heterocycles. The number of aryl methyl sites for hydroxylation is 1. The Bertz CT molecular complexity index is 804.